The Morgan fingerprint density at radius 1 is 1.30 bits per heavy atom. The van der Waals surface area contributed by atoms with Crippen molar-refractivity contribution in [3.8, 4) is 5.95 Å². The van der Waals surface area contributed by atoms with Crippen LogP contribution in [0.25, 0.3) is 5.95 Å². The van der Waals surface area contributed by atoms with Gasteiger partial charge in [0.25, 0.3) is 5.95 Å². The molecule has 108 valence electrons. The van der Waals surface area contributed by atoms with Crippen LogP contribution in [0.15, 0.2) is 6.20 Å². The molecule has 0 amide bonds. The summed E-state index contributed by atoms with van der Waals surface area (Å²) < 4.78 is 1.51. The zero-order valence-corrected chi connectivity index (χ0v) is 12.4. The number of rotatable bonds is 5. The molecular formula is C11H17ClN8. The van der Waals surface area contributed by atoms with E-state index < -0.39 is 0 Å². The number of anilines is 2. The largest absolute Gasteiger partial charge is 0.341 e. The summed E-state index contributed by atoms with van der Waals surface area (Å²) in [6, 6.07) is 0. The minimum atomic E-state index is 0.279. The predicted octanol–water partition coefficient (Wildman–Crippen LogP) is 1.15. The van der Waals surface area contributed by atoms with Crippen molar-refractivity contribution >= 4 is 23.5 Å². The van der Waals surface area contributed by atoms with Gasteiger partial charge in [0.2, 0.25) is 11.9 Å². The quantitative estimate of drug-likeness (QED) is 0.631. The number of halogens is 1. The number of hydrogen-bond acceptors (Lipinski definition) is 7. The molecule has 0 aliphatic heterocycles. The lowest BCUT2D eigenvalue weighted by molar-refractivity contribution is 0.757. The van der Waals surface area contributed by atoms with E-state index >= 15 is 0 Å². The van der Waals surface area contributed by atoms with Crippen molar-refractivity contribution in [3.05, 3.63) is 16.9 Å². The highest BCUT2D eigenvalue weighted by Gasteiger charge is 2.13. The number of nitrogens with zero attached hydrogens (tertiary/aromatic N) is 6. The van der Waals surface area contributed by atoms with Gasteiger partial charge in [0.05, 0.1) is 16.9 Å². The highest BCUT2D eigenvalue weighted by atomic mass is 35.5. The Labute approximate surface area is 122 Å². The van der Waals surface area contributed by atoms with Gasteiger partial charge < -0.3 is 4.90 Å². The van der Waals surface area contributed by atoms with E-state index in [1.807, 2.05) is 25.7 Å². The normalized spacial score (nSPS) is 10.7. The molecule has 0 aliphatic carbocycles. The van der Waals surface area contributed by atoms with Gasteiger partial charge in [0.15, 0.2) is 0 Å². The van der Waals surface area contributed by atoms with Crippen LogP contribution < -0.4 is 16.2 Å². The third-order valence-corrected chi connectivity index (χ3v) is 3.20. The van der Waals surface area contributed by atoms with E-state index in [0.29, 0.717) is 22.6 Å². The summed E-state index contributed by atoms with van der Waals surface area (Å²) in [5.41, 5.74) is 3.15. The first-order chi connectivity index (χ1) is 9.58. The molecule has 0 fully saturated rings. The molecule has 2 aromatic heterocycles. The molecule has 3 N–H and O–H groups in total. The molecule has 0 aromatic carbocycles. The monoisotopic (exact) mass is 296 g/mol. The van der Waals surface area contributed by atoms with Gasteiger partial charge in [-0.3, -0.25) is 5.43 Å². The Hall–Kier alpha value is -1.93. The molecule has 20 heavy (non-hydrogen) atoms. The van der Waals surface area contributed by atoms with Crippen molar-refractivity contribution in [1.82, 2.24) is 24.7 Å². The second kappa shape index (κ2) is 6.02. The summed E-state index contributed by atoms with van der Waals surface area (Å²) in [4.78, 5) is 14.8. The molecule has 0 saturated carbocycles. The Morgan fingerprint density at radius 2 is 2.00 bits per heavy atom. The molecule has 0 radical (unpaired) electrons. The van der Waals surface area contributed by atoms with Crippen LogP contribution in [0.1, 0.15) is 19.5 Å². The van der Waals surface area contributed by atoms with Gasteiger partial charge >= 0.3 is 0 Å². The zero-order chi connectivity index (χ0) is 14.7. The molecule has 0 unspecified atom stereocenters. The van der Waals surface area contributed by atoms with Gasteiger partial charge in [-0.25, -0.2) is 10.5 Å². The number of aryl methyl sites for hydroxylation is 1. The molecule has 2 rings (SSSR count). The van der Waals surface area contributed by atoms with Crippen LogP contribution in [0.3, 0.4) is 0 Å². The van der Waals surface area contributed by atoms with E-state index in [0.717, 1.165) is 13.1 Å². The summed E-state index contributed by atoms with van der Waals surface area (Å²) in [6.07, 6.45) is 1.65. The first-order valence-electron chi connectivity index (χ1n) is 6.28. The summed E-state index contributed by atoms with van der Waals surface area (Å²) in [7, 11) is 0. The van der Waals surface area contributed by atoms with Crippen molar-refractivity contribution in [2.45, 2.75) is 20.8 Å². The predicted molar refractivity (Wildman–Crippen MR) is 78.1 cm³/mol. The summed E-state index contributed by atoms with van der Waals surface area (Å²) in [6.45, 7) is 7.42. The fourth-order valence-electron chi connectivity index (χ4n) is 1.71. The fourth-order valence-corrected chi connectivity index (χ4v) is 1.84. The lowest BCUT2D eigenvalue weighted by atomic mass is 10.5. The SMILES string of the molecule is CCN(CC)c1nc(NN)nc(-n2cc(Cl)c(C)n2)n1. The molecule has 0 atom stereocenters. The Kier molecular flexibility index (Phi) is 4.35. The van der Waals surface area contributed by atoms with Crippen LogP contribution in [-0.2, 0) is 0 Å². The lowest BCUT2D eigenvalue weighted by Gasteiger charge is -2.19. The highest BCUT2D eigenvalue weighted by molar-refractivity contribution is 6.31. The molecule has 0 aliphatic rings. The van der Waals surface area contributed by atoms with Crippen LogP contribution >= 0.6 is 11.6 Å². The number of nitrogen functional groups attached to an aromatic ring is 1. The Morgan fingerprint density at radius 3 is 2.50 bits per heavy atom. The smallest absolute Gasteiger partial charge is 0.257 e. The number of hydrazine groups is 1. The Bertz CT molecular complexity index is 573. The lowest BCUT2D eigenvalue weighted by Crippen LogP contribution is -2.26. The van der Waals surface area contributed by atoms with Gasteiger partial charge in [-0.1, -0.05) is 11.6 Å². The van der Waals surface area contributed by atoms with Crippen LogP contribution in [0.4, 0.5) is 11.9 Å². The summed E-state index contributed by atoms with van der Waals surface area (Å²) in [5, 5.41) is 4.81. The molecular weight excluding hydrogens is 280 g/mol. The summed E-state index contributed by atoms with van der Waals surface area (Å²) in [5.74, 6) is 6.59. The minimum absolute atomic E-state index is 0.279. The van der Waals surface area contributed by atoms with Crippen molar-refractivity contribution in [1.29, 1.82) is 0 Å². The maximum absolute atomic E-state index is 6.00. The van der Waals surface area contributed by atoms with E-state index in [4.69, 9.17) is 17.4 Å². The molecule has 9 heteroatoms. The van der Waals surface area contributed by atoms with Crippen LogP contribution in [0, 0.1) is 6.92 Å². The Balaban J connectivity index is 2.50. The van der Waals surface area contributed by atoms with Crippen molar-refractivity contribution in [2.24, 2.45) is 5.84 Å². The first-order valence-corrected chi connectivity index (χ1v) is 6.66. The van der Waals surface area contributed by atoms with E-state index in [1.54, 1.807) is 6.20 Å². The van der Waals surface area contributed by atoms with Crippen molar-refractivity contribution in [2.75, 3.05) is 23.4 Å². The van der Waals surface area contributed by atoms with Gasteiger partial charge in [-0.2, -0.15) is 20.1 Å². The highest BCUT2D eigenvalue weighted by Crippen LogP contribution is 2.17. The third-order valence-electron chi connectivity index (χ3n) is 2.83. The standard InChI is InChI=1S/C11H17ClN8/c1-4-19(5-2)10-14-9(17-13)15-11(16-10)20-6-8(12)7(3)18-20/h6H,4-5,13H2,1-3H3,(H,14,15,16,17). The number of hydrogen-bond donors (Lipinski definition) is 2. The second-order valence-corrected chi connectivity index (χ2v) is 4.49. The van der Waals surface area contributed by atoms with Crippen LogP contribution in [0.5, 0.6) is 0 Å². The minimum Gasteiger partial charge on any atom is -0.341 e. The van der Waals surface area contributed by atoms with Gasteiger partial charge in [0, 0.05) is 13.1 Å². The van der Waals surface area contributed by atoms with Crippen molar-refractivity contribution < 1.29 is 0 Å². The number of nitrogens with two attached hydrogens (primary N) is 1. The van der Waals surface area contributed by atoms with Crippen LogP contribution in [0.2, 0.25) is 5.02 Å². The molecule has 8 nitrogen and oxygen atoms in total. The molecule has 2 aromatic rings. The van der Waals surface area contributed by atoms with E-state index in [-0.39, 0.29) is 5.95 Å². The van der Waals surface area contributed by atoms with Crippen molar-refractivity contribution in [3.63, 3.8) is 0 Å². The molecule has 0 spiro atoms. The van der Waals surface area contributed by atoms with E-state index in [2.05, 4.69) is 25.5 Å². The van der Waals surface area contributed by atoms with Gasteiger partial charge in [-0.15, -0.1) is 0 Å². The maximum atomic E-state index is 6.00. The summed E-state index contributed by atoms with van der Waals surface area (Å²) >= 11 is 6.00. The third kappa shape index (κ3) is 2.81. The van der Waals surface area contributed by atoms with Gasteiger partial charge in [0.1, 0.15) is 0 Å². The molecule has 0 saturated heterocycles. The average Bonchev–Trinajstić information content (AvgIpc) is 2.80. The fraction of sp³-hybridized carbons (Fsp3) is 0.455. The van der Waals surface area contributed by atoms with E-state index in [1.165, 1.54) is 4.68 Å². The van der Waals surface area contributed by atoms with Gasteiger partial charge in [-0.05, 0) is 20.8 Å². The average molecular weight is 297 g/mol. The zero-order valence-electron chi connectivity index (χ0n) is 11.6. The molecule has 2 heterocycles. The molecule has 0 bridgehead atoms. The first kappa shape index (κ1) is 14.5. The second-order valence-electron chi connectivity index (χ2n) is 4.08. The van der Waals surface area contributed by atoms with Crippen LogP contribution in [-0.4, -0.2) is 37.8 Å². The number of nitrogens with one attached hydrogen (secondary N) is 1. The maximum Gasteiger partial charge on any atom is 0.257 e. The topological polar surface area (TPSA) is 97.8 Å². The van der Waals surface area contributed by atoms with E-state index in [9.17, 15) is 0 Å². The number of aromatic nitrogens is 5.